The quantitative estimate of drug-likeness (QED) is 0.530. The standard InChI is InChI=1S/C23H28N4OS/c1-6-15(2)18-12-9-10-14-20(18)24-22(28)17(4)29-23-26-25-21(27(23)5)19-13-8-7-11-16(19)3/h7-15,17H,6H2,1-5H3,(H,24,28)/t15-,17-/m1/s1. The van der Waals surface area contributed by atoms with Gasteiger partial charge >= 0.3 is 0 Å². The molecule has 1 heterocycles. The van der Waals surface area contributed by atoms with E-state index in [2.05, 4.69) is 48.4 Å². The number of carbonyl (C=O) groups excluding carboxylic acids is 1. The zero-order valence-corrected chi connectivity index (χ0v) is 18.5. The molecule has 5 nitrogen and oxygen atoms in total. The van der Waals surface area contributed by atoms with Crippen LogP contribution < -0.4 is 5.32 Å². The zero-order chi connectivity index (χ0) is 21.0. The Kier molecular flexibility index (Phi) is 6.75. The topological polar surface area (TPSA) is 59.8 Å². The highest BCUT2D eigenvalue weighted by molar-refractivity contribution is 8.00. The SMILES string of the molecule is CC[C@@H](C)c1ccccc1NC(=O)[C@@H](C)Sc1nnc(-c2ccccc2C)n1C. The molecule has 2 atom stereocenters. The molecule has 152 valence electrons. The molecule has 1 N–H and O–H groups in total. The van der Waals surface area contributed by atoms with Crippen LogP contribution in [0.3, 0.4) is 0 Å². The van der Waals surface area contributed by atoms with E-state index in [1.165, 1.54) is 17.3 Å². The normalized spacial score (nSPS) is 13.1. The molecule has 3 aromatic rings. The van der Waals surface area contributed by atoms with E-state index in [9.17, 15) is 4.79 Å². The maximum Gasteiger partial charge on any atom is 0.237 e. The number of rotatable bonds is 7. The second-order valence-corrected chi connectivity index (χ2v) is 8.63. The minimum atomic E-state index is -0.299. The fourth-order valence-electron chi connectivity index (χ4n) is 3.18. The van der Waals surface area contributed by atoms with Crippen LogP contribution in [0.2, 0.25) is 0 Å². The van der Waals surface area contributed by atoms with Gasteiger partial charge in [0, 0.05) is 18.3 Å². The van der Waals surface area contributed by atoms with Crippen molar-refractivity contribution in [2.45, 2.75) is 50.4 Å². The van der Waals surface area contributed by atoms with Crippen molar-refractivity contribution in [2.75, 3.05) is 5.32 Å². The molecule has 0 aliphatic rings. The highest BCUT2D eigenvalue weighted by Crippen LogP contribution is 2.30. The summed E-state index contributed by atoms with van der Waals surface area (Å²) in [5.41, 5.74) is 4.25. The largest absolute Gasteiger partial charge is 0.325 e. The lowest BCUT2D eigenvalue weighted by atomic mass is 9.97. The van der Waals surface area contributed by atoms with Gasteiger partial charge in [-0.3, -0.25) is 4.79 Å². The first-order valence-corrected chi connectivity index (χ1v) is 10.8. The number of nitrogens with one attached hydrogen (secondary N) is 1. The average Bonchev–Trinajstić information content (AvgIpc) is 3.08. The minimum Gasteiger partial charge on any atom is -0.325 e. The molecule has 3 rings (SSSR count). The molecular formula is C23H28N4OS. The van der Waals surface area contributed by atoms with Crippen LogP contribution in [0.1, 0.15) is 44.2 Å². The summed E-state index contributed by atoms with van der Waals surface area (Å²) in [4.78, 5) is 12.8. The third-order valence-corrected chi connectivity index (χ3v) is 6.37. The van der Waals surface area contributed by atoms with Crippen LogP contribution in [0.15, 0.2) is 53.7 Å². The van der Waals surface area contributed by atoms with E-state index >= 15 is 0 Å². The molecule has 0 radical (unpaired) electrons. The first-order chi connectivity index (χ1) is 13.9. The molecule has 0 aliphatic heterocycles. The monoisotopic (exact) mass is 408 g/mol. The minimum absolute atomic E-state index is 0.0359. The van der Waals surface area contributed by atoms with E-state index in [0.29, 0.717) is 5.92 Å². The molecule has 0 unspecified atom stereocenters. The summed E-state index contributed by atoms with van der Waals surface area (Å²) < 4.78 is 1.95. The highest BCUT2D eigenvalue weighted by atomic mass is 32.2. The van der Waals surface area contributed by atoms with Gasteiger partial charge in [0.05, 0.1) is 5.25 Å². The van der Waals surface area contributed by atoms with E-state index in [1.807, 2.05) is 54.9 Å². The Hall–Kier alpha value is -2.60. The number of para-hydroxylation sites is 1. The fraction of sp³-hybridized carbons (Fsp3) is 0.348. The van der Waals surface area contributed by atoms with Crippen molar-refractivity contribution in [3.05, 3.63) is 59.7 Å². The summed E-state index contributed by atoms with van der Waals surface area (Å²) >= 11 is 1.42. The van der Waals surface area contributed by atoms with Crippen LogP contribution in [-0.4, -0.2) is 25.9 Å². The van der Waals surface area contributed by atoms with Gasteiger partial charge in [-0.05, 0) is 43.4 Å². The number of nitrogens with zero attached hydrogens (tertiary/aromatic N) is 3. The van der Waals surface area contributed by atoms with Crippen LogP contribution >= 0.6 is 11.8 Å². The molecule has 0 aliphatic carbocycles. The lowest BCUT2D eigenvalue weighted by Gasteiger charge is -2.17. The van der Waals surface area contributed by atoms with Crippen molar-refractivity contribution in [3.8, 4) is 11.4 Å². The van der Waals surface area contributed by atoms with E-state index < -0.39 is 0 Å². The van der Waals surface area contributed by atoms with Gasteiger partial charge in [0.2, 0.25) is 5.91 Å². The Morgan fingerprint density at radius 1 is 1.10 bits per heavy atom. The van der Waals surface area contributed by atoms with Gasteiger partial charge in [0.15, 0.2) is 11.0 Å². The Labute approximate surface area is 176 Å². The van der Waals surface area contributed by atoms with Gasteiger partial charge in [-0.25, -0.2) is 0 Å². The second kappa shape index (κ2) is 9.27. The summed E-state index contributed by atoms with van der Waals surface area (Å²) in [6, 6.07) is 16.1. The van der Waals surface area contributed by atoms with Crippen LogP contribution in [0, 0.1) is 6.92 Å². The maximum absolute atomic E-state index is 12.8. The van der Waals surface area contributed by atoms with E-state index in [4.69, 9.17) is 0 Å². The first-order valence-electron chi connectivity index (χ1n) is 9.94. The van der Waals surface area contributed by atoms with Gasteiger partial charge < -0.3 is 9.88 Å². The van der Waals surface area contributed by atoms with Crippen molar-refractivity contribution in [1.82, 2.24) is 14.8 Å². The summed E-state index contributed by atoms with van der Waals surface area (Å²) in [6.07, 6.45) is 1.03. The van der Waals surface area contributed by atoms with Gasteiger partial charge in [0.1, 0.15) is 0 Å². The van der Waals surface area contributed by atoms with E-state index in [-0.39, 0.29) is 11.2 Å². The van der Waals surface area contributed by atoms with Gasteiger partial charge in [-0.2, -0.15) is 0 Å². The number of hydrogen-bond acceptors (Lipinski definition) is 4. The van der Waals surface area contributed by atoms with Crippen molar-refractivity contribution in [3.63, 3.8) is 0 Å². The Bertz CT molecular complexity index is 998. The number of hydrogen-bond donors (Lipinski definition) is 1. The zero-order valence-electron chi connectivity index (χ0n) is 17.6. The summed E-state index contributed by atoms with van der Waals surface area (Å²) in [7, 11) is 1.94. The Morgan fingerprint density at radius 3 is 2.52 bits per heavy atom. The summed E-state index contributed by atoms with van der Waals surface area (Å²) in [5, 5.41) is 12.2. The molecule has 0 spiro atoms. The Morgan fingerprint density at radius 2 is 1.79 bits per heavy atom. The number of thioether (sulfide) groups is 1. The molecule has 0 saturated carbocycles. The van der Waals surface area contributed by atoms with Crippen LogP contribution in [0.25, 0.3) is 11.4 Å². The first kappa shape index (κ1) is 21.1. The lowest BCUT2D eigenvalue weighted by Crippen LogP contribution is -2.23. The molecule has 0 fully saturated rings. The number of carbonyl (C=O) groups is 1. The van der Waals surface area contributed by atoms with Gasteiger partial charge in [-0.1, -0.05) is 68.1 Å². The molecule has 29 heavy (non-hydrogen) atoms. The number of aryl methyl sites for hydroxylation is 1. The van der Waals surface area contributed by atoms with Crippen LogP contribution in [-0.2, 0) is 11.8 Å². The molecule has 2 aromatic carbocycles. The number of amides is 1. The third kappa shape index (κ3) is 4.70. The van der Waals surface area contributed by atoms with Crippen molar-refractivity contribution in [2.24, 2.45) is 7.05 Å². The van der Waals surface area contributed by atoms with Crippen LogP contribution in [0.5, 0.6) is 0 Å². The molecule has 6 heteroatoms. The van der Waals surface area contributed by atoms with Crippen molar-refractivity contribution >= 4 is 23.4 Å². The average molecular weight is 409 g/mol. The smallest absolute Gasteiger partial charge is 0.237 e. The van der Waals surface area contributed by atoms with Crippen molar-refractivity contribution < 1.29 is 4.79 Å². The third-order valence-electron chi connectivity index (χ3n) is 5.23. The molecular weight excluding hydrogens is 380 g/mol. The van der Waals surface area contributed by atoms with Crippen molar-refractivity contribution in [1.29, 1.82) is 0 Å². The number of benzene rings is 2. The predicted molar refractivity (Wildman–Crippen MR) is 120 cm³/mol. The molecule has 1 aromatic heterocycles. The second-order valence-electron chi connectivity index (χ2n) is 7.33. The lowest BCUT2D eigenvalue weighted by molar-refractivity contribution is -0.115. The maximum atomic E-state index is 12.8. The van der Waals surface area contributed by atoms with E-state index in [0.717, 1.165) is 34.2 Å². The molecule has 0 bridgehead atoms. The summed E-state index contributed by atoms with van der Waals surface area (Å²) in [5.74, 6) is 1.16. The number of aromatic nitrogens is 3. The summed E-state index contributed by atoms with van der Waals surface area (Å²) in [6.45, 7) is 8.29. The number of anilines is 1. The predicted octanol–water partition coefficient (Wildman–Crippen LogP) is 5.42. The Balaban J connectivity index is 1.74. The fourth-order valence-corrected chi connectivity index (χ4v) is 4.00. The molecule has 0 saturated heterocycles. The highest BCUT2D eigenvalue weighted by Gasteiger charge is 2.21. The van der Waals surface area contributed by atoms with E-state index in [1.54, 1.807) is 0 Å². The van der Waals surface area contributed by atoms with Gasteiger partial charge in [-0.15, -0.1) is 10.2 Å². The van der Waals surface area contributed by atoms with Gasteiger partial charge in [0.25, 0.3) is 0 Å². The van der Waals surface area contributed by atoms with Crippen LogP contribution in [0.4, 0.5) is 5.69 Å². The molecule has 1 amide bonds.